The minimum atomic E-state index is -1.52. The van der Waals surface area contributed by atoms with Gasteiger partial charge in [-0.15, -0.1) is 0 Å². The number of carbonyl (C=O) groups is 1. The van der Waals surface area contributed by atoms with E-state index in [0.717, 1.165) is 6.07 Å². The molecule has 8 nitrogen and oxygen atoms in total. The fraction of sp³-hybridized carbons (Fsp3) is 0.167. The van der Waals surface area contributed by atoms with Crippen molar-refractivity contribution in [1.82, 2.24) is 4.98 Å². The third kappa shape index (κ3) is 3.14. The molecule has 110 valence electrons. The van der Waals surface area contributed by atoms with E-state index in [1.807, 2.05) is 0 Å². The monoisotopic (exact) mass is 295 g/mol. The average molecular weight is 295 g/mol. The molecule has 2 rings (SSSR count). The Morgan fingerprint density at radius 3 is 2.81 bits per heavy atom. The molecule has 1 heterocycles. The maximum Gasteiger partial charge on any atom is 0.338 e. The highest BCUT2D eigenvalue weighted by atomic mass is 19.1. The summed E-state index contributed by atoms with van der Waals surface area (Å²) in [6.07, 6.45) is 1.47. The molecule has 0 atom stereocenters. The van der Waals surface area contributed by atoms with Gasteiger partial charge in [0.05, 0.1) is 29.3 Å². The summed E-state index contributed by atoms with van der Waals surface area (Å²) < 4.78 is 18.6. The van der Waals surface area contributed by atoms with Crippen LogP contribution < -0.4 is 5.32 Å². The standard InChI is InChI=1S/C12H10FN3O5/c1-6-4-15-11(21-6)5-14-9-2-7(12(17)18)8(13)3-10(9)16(19)20/h2-4,14H,5H2,1H3,(H,17,18). The first-order valence-electron chi connectivity index (χ1n) is 5.75. The van der Waals surface area contributed by atoms with Crippen molar-refractivity contribution in [3.8, 4) is 0 Å². The van der Waals surface area contributed by atoms with Crippen LogP contribution in [-0.2, 0) is 6.54 Å². The van der Waals surface area contributed by atoms with Gasteiger partial charge in [0.15, 0.2) is 0 Å². The van der Waals surface area contributed by atoms with Gasteiger partial charge < -0.3 is 14.8 Å². The van der Waals surface area contributed by atoms with Gasteiger partial charge in [-0.2, -0.15) is 0 Å². The van der Waals surface area contributed by atoms with E-state index in [2.05, 4.69) is 10.3 Å². The number of carboxylic acids is 1. The largest absolute Gasteiger partial charge is 0.478 e. The molecule has 0 bridgehead atoms. The van der Waals surface area contributed by atoms with E-state index in [1.54, 1.807) is 6.92 Å². The second kappa shape index (κ2) is 5.57. The summed E-state index contributed by atoms with van der Waals surface area (Å²) in [5.41, 5.74) is -1.36. The molecule has 0 radical (unpaired) electrons. The number of nitro groups is 1. The molecule has 0 saturated carbocycles. The van der Waals surface area contributed by atoms with Crippen LogP contribution in [0.1, 0.15) is 22.0 Å². The molecule has 2 aromatic rings. The maximum absolute atomic E-state index is 13.5. The van der Waals surface area contributed by atoms with Crippen molar-refractivity contribution in [3.05, 3.63) is 51.5 Å². The Balaban J connectivity index is 2.33. The van der Waals surface area contributed by atoms with Crippen molar-refractivity contribution in [2.24, 2.45) is 0 Å². The smallest absolute Gasteiger partial charge is 0.338 e. The molecule has 0 spiro atoms. The lowest BCUT2D eigenvalue weighted by Crippen LogP contribution is -2.07. The molecule has 21 heavy (non-hydrogen) atoms. The van der Waals surface area contributed by atoms with Gasteiger partial charge in [-0.25, -0.2) is 14.2 Å². The molecular weight excluding hydrogens is 285 g/mol. The number of hydrogen-bond donors (Lipinski definition) is 2. The first-order valence-corrected chi connectivity index (χ1v) is 5.75. The molecule has 0 aliphatic heterocycles. The van der Waals surface area contributed by atoms with Gasteiger partial charge in [0.2, 0.25) is 5.89 Å². The summed E-state index contributed by atoms with van der Waals surface area (Å²) in [4.78, 5) is 24.8. The minimum absolute atomic E-state index is 0.000624. The van der Waals surface area contributed by atoms with E-state index in [-0.39, 0.29) is 18.1 Å². The molecule has 0 aliphatic rings. The number of oxazole rings is 1. The third-order valence-electron chi connectivity index (χ3n) is 2.61. The second-order valence-electron chi connectivity index (χ2n) is 4.13. The minimum Gasteiger partial charge on any atom is -0.478 e. The number of carboxylic acid groups (broad SMARTS) is 1. The third-order valence-corrected chi connectivity index (χ3v) is 2.61. The molecule has 0 unspecified atom stereocenters. The molecule has 9 heteroatoms. The van der Waals surface area contributed by atoms with Gasteiger partial charge in [0.1, 0.15) is 17.3 Å². The van der Waals surface area contributed by atoms with Gasteiger partial charge in [-0.3, -0.25) is 10.1 Å². The van der Waals surface area contributed by atoms with Crippen LogP contribution in [0.5, 0.6) is 0 Å². The number of aromatic nitrogens is 1. The van der Waals surface area contributed by atoms with Crippen LogP contribution >= 0.6 is 0 Å². The summed E-state index contributed by atoms with van der Waals surface area (Å²) in [5, 5.41) is 22.3. The van der Waals surface area contributed by atoms with Crippen LogP contribution in [0.15, 0.2) is 22.7 Å². The zero-order valence-corrected chi connectivity index (χ0v) is 10.8. The van der Waals surface area contributed by atoms with Crippen molar-refractivity contribution in [3.63, 3.8) is 0 Å². The van der Waals surface area contributed by atoms with Crippen LogP contribution in [0.2, 0.25) is 0 Å². The summed E-state index contributed by atoms with van der Waals surface area (Å²) >= 11 is 0. The van der Waals surface area contributed by atoms with E-state index in [0.29, 0.717) is 11.8 Å². The quantitative estimate of drug-likeness (QED) is 0.641. The lowest BCUT2D eigenvalue weighted by molar-refractivity contribution is -0.384. The Kier molecular flexibility index (Phi) is 3.83. The second-order valence-corrected chi connectivity index (χ2v) is 4.13. The Morgan fingerprint density at radius 1 is 1.57 bits per heavy atom. The first kappa shape index (κ1) is 14.4. The number of nitrogens with zero attached hydrogens (tertiary/aromatic N) is 2. The summed E-state index contributed by atoms with van der Waals surface area (Å²) in [7, 11) is 0. The number of nitrogens with one attached hydrogen (secondary N) is 1. The summed E-state index contributed by atoms with van der Waals surface area (Å²) in [5.74, 6) is -1.86. The molecular formula is C12H10FN3O5. The Morgan fingerprint density at radius 2 is 2.29 bits per heavy atom. The topological polar surface area (TPSA) is 119 Å². The number of aromatic carboxylic acids is 1. The Hall–Kier alpha value is -2.97. The molecule has 2 N–H and O–H groups in total. The number of aryl methyl sites for hydroxylation is 1. The highest BCUT2D eigenvalue weighted by Gasteiger charge is 2.21. The molecule has 0 fully saturated rings. The van der Waals surface area contributed by atoms with Crippen LogP contribution in [0.25, 0.3) is 0 Å². The maximum atomic E-state index is 13.5. The average Bonchev–Trinajstić information content (AvgIpc) is 2.82. The number of hydrogen-bond acceptors (Lipinski definition) is 6. The van der Waals surface area contributed by atoms with E-state index in [9.17, 15) is 19.3 Å². The van der Waals surface area contributed by atoms with Crippen molar-refractivity contribution in [2.45, 2.75) is 13.5 Å². The van der Waals surface area contributed by atoms with Crippen molar-refractivity contribution < 1.29 is 23.6 Å². The fourth-order valence-electron chi connectivity index (χ4n) is 1.67. The number of halogens is 1. The number of nitro benzene ring substituents is 1. The van der Waals surface area contributed by atoms with Crippen LogP contribution in [0.3, 0.4) is 0 Å². The highest BCUT2D eigenvalue weighted by Crippen LogP contribution is 2.28. The molecule has 0 aliphatic carbocycles. The normalized spacial score (nSPS) is 10.4. The highest BCUT2D eigenvalue weighted by molar-refractivity contribution is 5.90. The van der Waals surface area contributed by atoms with Crippen LogP contribution in [0, 0.1) is 22.9 Å². The van der Waals surface area contributed by atoms with Gasteiger partial charge in [0, 0.05) is 0 Å². The zero-order chi connectivity index (χ0) is 15.6. The van der Waals surface area contributed by atoms with E-state index in [1.165, 1.54) is 6.20 Å². The fourth-order valence-corrected chi connectivity index (χ4v) is 1.67. The number of rotatable bonds is 5. The van der Waals surface area contributed by atoms with Gasteiger partial charge in [0.25, 0.3) is 5.69 Å². The van der Waals surface area contributed by atoms with Crippen LogP contribution in [0.4, 0.5) is 15.8 Å². The van der Waals surface area contributed by atoms with E-state index < -0.39 is 28.0 Å². The molecule has 0 saturated heterocycles. The van der Waals surface area contributed by atoms with Crippen molar-refractivity contribution in [2.75, 3.05) is 5.32 Å². The Bertz CT molecular complexity index is 713. The van der Waals surface area contributed by atoms with E-state index in [4.69, 9.17) is 9.52 Å². The number of anilines is 1. The Labute approximate surface area is 117 Å². The SMILES string of the molecule is Cc1cnc(CNc2cc(C(=O)O)c(F)cc2[N+](=O)[O-])o1. The molecule has 1 aromatic carbocycles. The van der Waals surface area contributed by atoms with Gasteiger partial charge in [-0.05, 0) is 13.0 Å². The van der Waals surface area contributed by atoms with Crippen LogP contribution in [-0.4, -0.2) is 21.0 Å². The zero-order valence-electron chi connectivity index (χ0n) is 10.8. The summed E-state index contributed by atoms with van der Waals surface area (Å²) in [6.45, 7) is 1.68. The van der Waals surface area contributed by atoms with Gasteiger partial charge >= 0.3 is 5.97 Å². The number of benzene rings is 1. The van der Waals surface area contributed by atoms with Crippen molar-refractivity contribution >= 4 is 17.3 Å². The van der Waals surface area contributed by atoms with Crippen molar-refractivity contribution in [1.29, 1.82) is 0 Å². The van der Waals surface area contributed by atoms with Gasteiger partial charge in [-0.1, -0.05) is 0 Å². The van der Waals surface area contributed by atoms with E-state index >= 15 is 0 Å². The lowest BCUT2D eigenvalue weighted by atomic mass is 10.1. The predicted molar refractivity (Wildman–Crippen MR) is 68.6 cm³/mol. The molecule has 0 amide bonds. The predicted octanol–water partition coefficient (Wildman–Crippen LogP) is 2.34. The lowest BCUT2D eigenvalue weighted by Gasteiger charge is -2.07. The molecule has 1 aromatic heterocycles. The first-order chi connectivity index (χ1) is 9.88. The summed E-state index contributed by atoms with van der Waals surface area (Å²) in [6, 6.07) is 1.43.